The SMILES string of the molecule is Cc1c2cc[n+](C)cc2c(C)c2c3c([nH]c12)C=CC(=O)[C@@]31O[C@@H]2[C@H](O1)[C@@H](CO)O[C@H]2n1ccc(=O)[nH]c1=O. The number of aliphatic hydroxyl groups is 1. The summed E-state index contributed by atoms with van der Waals surface area (Å²) in [6.45, 7) is 3.62. The molecule has 11 nitrogen and oxygen atoms in total. The molecule has 3 aliphatic rings. The molecule has 0 amide bonds. The van der Waals surface area contributed by atoms with E-state index in [0.717, 1.165) is 32.8 Å². The van der Waals surface area contributed by atoms with Gasteiger partial charge in [0.2, 0.25) is 5.78 Å². The molecule has 3 aromatic heterocycles. The van der Waals surface area contributed by atoms with Gasteiger partial charge in [-0.3, -0.25) is 19.1 Å². The Morgan fingerprint density at radius 2 is 1.84 bits per heavy atom. The number of nitrogens with zero attached hydrogens (tertiary/aromatic N) is 2. The van der Waals surface area contributed by atoms with Crippen molar-refractivity contribution in [3.63, 3.8) is 0 Å². The Morgan fingerprint density at radius 1 is 1.05 bits per heavy atom. The van der Waals surface area contributed by atoms with Crippen molar-refractivity contribution in [3.05, 3.63) is 80.0 Å². The van der Waals surface area contributed by atoms with Crippen molar-refractivity contribution in [2.45, 2.75) is 44.2 Å². The van der Waals surface area contributed by atoms with Gasteiger partial charge in [0.1, 0.15) is 25.4 Å². The Labute approximate surface area is 214 Å². The Morgan fingerprint density at radius 3 is 2.61 bits per heavy atom. The van der Waals surface area contributed by atoms with Gasteiger partial charge in [-0.05, 0) is 42.5 Å². The van der Waals surface area contributed by atoms with Crippen molar-refractivity contribution in [1.29, 1.82) is 0 Å². The van der Waals surface area contributed by atoms with E-state index < -0.39 is 54.0 Å². The Kier molecular flexibility index (Phi) is 4.77. The van der Waals surface area contributed by atoms with Crippen LogP contribution in [0.1, 0.15) is 28.6 Å². The van der Waals surface area contributed by atoms with E-state index in [4.69, 9.17) is 14.2 Å². The monoisotopic (exact) mass is 517 g/mol. The second-order valence-corrected chi connectivity index (χ2v) is 10.1. The number of pyridine rings is 1. The molecular weight excluding hydrogens is 492 g/mol. The van der Waals surface area contributed by atoms with Gasteiger partial charge in [0.05, 0.1) is 17.7 Å². The molecule has 7 rings (SSSR count). The lowest BCUT2D eigenvalue weighted by Gasteiger charge is -2.31. The first-order chi connectivity index (χ1) is 18.2. The van der Waals surface area contributed by atoms with Crippen molar-refractivity contribution in [2.24, 2.45) is 7.05 Å². The minimum atomic E-state index is -1.80. The van der Waals surface area contributed by atoms with Crippen LogP contribution in [0.5, 0.6) is 0 Å². The number of ketones is 1. The van der Waals surface area contributed by atoms with Crippen LogP contribution in [0.25, 0.3) is 27.8 Å². The van der Waals surface area contributed by atoms with E-state index >= 15 is 0 Å². The molecule has 2 fully saturated rings. The fourth-order valence-electron chi connectivity index (χ4n) is 6.15. The molecule has 2 aliphatic heterocycles. The highest BCUT2D eigenvalue weighted by Gasteiger charge is 2.63. The van der Waals surface area contributed by atoms with Crippen molar-refractivity contribution in [2.75, 3.05) is 6.61 Å². The summed E-state index contributed by atoms with van der Waals surface area (Å²) >= 11 is 0. The first-order valence-corrected chi connectivity index (χ1v) is 12.3. The number of carbonyl (C=O) groups excluding carboxylic acids is 1. The first-order valence-electron chi connectivity index (χ1n) is 12.3. The molecule has 194 valence electrons. The number of hydrogen-bond donors (Lipinski definition) is 3. The average Bonchev–Trinajstić information content (AvgIpc) is 3.56. The van der Waals surface area contributed by atoms with E-state index in [-0.39, 0.29) is 0 Å². The molecule has 5 atom stereocenters. The lowest BCUT2D eigenvalue weighted by Crippen LogP contribution is -2.42. The number of H-pyrrole nitrogens is 2. The fraction of sp³-hybridized carbons (Fsp3) is 0.333. The standard InChI is InChI=1S/C27H24N4O7/c1-12-15-10-30(3)8-6-14(15)13(2)22-20(12)21-16(28-22)4-5-18(33)27(21)37-23-17(11-32)36-25(24(23)38-27)31-9-7-19(34)29-26(31)35/h4-10,17,23-25,32H,11H2,1-3H3,(H,29,34,35)/p+1/t17-,23-,24-,25-,27-/m1/s1. The molecule has 2 saturated heterocycles. The number of rotatable bonds is 2. The molecule has 3 N–H and O–H groups in total. The van der Waals surface area contributed by atoms with E-state index in [1.54, 1.807) is 6.08 Å². The predicted octanol–water partition coefficient (Wildman–Crippen LogP) is 0.735. The number of aromatic nitrogens is 4. The largest absolute Gasteiger partial charge is 0.394 e. The molecule has 0 unspecified atom stereocenters. The van der Waals surface area contributed by atoms with Crippen LogP contribution >= 0.6 is 0 Å². The van der Waals surface area contributed by atoms with Crippen LogP contribution < -0.4 is 15.8 Å². The second-order valence-electron chi connectivity index (χ2n) is 10.1. The lowest BCUT2D eigenvalue weighted by molar-refractivity contribution is -0.670. The number of fused-ring (bicyclic) bond motifs is 6. The third kappa shape index (κ3) is 2.92. The fourth-order valence-corrected chi connectivity index (χ4v) is 6.15. The minimum absolute atomic E-state index is 0.402. The molecule has 0 radical (unpaired) electrons. The minimum Gasteiger partial charge on any atom is -0.394 e. The molecule has 0 bridgehead atoms. The van der Waals surface area contributed by atoms with E-state index in [2.05, 4.69) is 16.0 Å². The number of benzene rings is 1. The van der Waals surface area contributed by atoms with Gasteiger partial charge < -0.3 is 24.3 Å². The smallest absolute Gasteiger partial charge is 0.330 e. The summed E-state index contributed by atoms with van der Waals surface area (Å²) in [6.07, 6.45) is 4.82. The van der Waals surface area contributed by atoms with Crippen LogP contribution in [0, 0.1) is 13.8 Å². The number of nitrogens with one attached hydrogen (secondary N) is 2. The lowest BCUT2D eigenvalue weighted by atomic mass is 9.89. The zero-order valence-electron chi connectivity index (χ0n) is 20.8. The van der Waals surface area contributed by atoms with Gasteiger partial charge in [-0.15, -0.1) is 0 Å². The Hall–Kier alpha value is -3.90. The van der Waals surface area contributed by atoms with Gasteiger partial charge in [0.25, 0.3) is 11.3 Å². The van der Waals surface area contributed by atoms with Crippen molar-refractivity contribution < 1.29 is 28.7 Å². The van der Waals surface area contributed by atoms with Crippen LogP contribution in [0.15, 0.2) is 46.4 Å². The van der Waals surface area contributed by atoms with Crippen LogP contribution in [0.4, 0.5) is 0 Å². The number of aryl methyl sites for hydroxylation is 3. The van der Waals surface area contributed by atoms with E-state index in [0.29, 0.717) is 11.3 Å². The molecule has 4 aromatic rings. The Balaban J connectivity index is 1.45. The average molecular weight is 518 g/mol. The zero-order chi connectivity index (χ0) is 26.5. The molecule has 1 aromatic carbocycles. The summed E-state index contributed by atoms with van der Waals surface area (Å²) in [4.78, 5) is 43.5. The van der Waals surface area contributed by atoms with E-state index in [1.807, 2.05) is 37.9 Å². The molecule has 11 heteroatoms. The maximum Gasteiger partial charge on any atom is 0.330 e. The van der Waals surface area contributed by atoms with Crippen LogP contribution in [-0.2, 0) is 31.8 Å². The van der Waals surface area contributed by atoms with Crippen molar-refractivity contribution >= 4 is 33.5 Å². The molecule has 5 heterocycles. The molecule has 1 aliphatic carbocycles. The normalized spacial score (nSPS) is 28.1. The summed E-state index contributed by atoms with van der Waals surface area (Å²) in [5.74, 6) is -2.21. The van der Waals surface area contributed by atoms with Crippen LogP contribution in [-0.4, -0.2) is 50.3 Å². The van der Waals surface area contributed by atoms with Gasteiger partial charge in [0.15, 0.2) is 18.6 Å². The first kappa shape index (κ1) is 23.2. The van der Waals surface area contributed by atoms with Gasteiger partial charge in [0, 0.05) is 34.8 Å². The summed E-state index contributed by atoms with van der Waals surface area (Å²) in [5, 5.41) is 13.0. The van der Waals surface area contributed by atoms with E-state index in [9.17, 15) is 19.5 Å². The highest BCUT2D eigenvalue weighted by atomic mass is 16.8. The van der Waals surface area contributed by atoms with E-state index in [1.165, 1.54) is 22.9 Å². The highest BCUT2D eigenvalue weighted by Crippen LogP contribution is 2.52. The highest BCUT2D eigenvalue weighted by molar-refractivity contribution is 6.12. The topological polar surface area (TPSA) is 140 Å². The summed E-state index contributed by atoms with van der Waals surface area (Å²) < 4.78 is 22.0. The maximum atomic E-state index is 13.6. The summed E-state index contributed by atoms with van der Waals surface area (Å²) in [5.41, 5.74) is 2.86. The quantitative estimate of drug-likeness (QED) is 0.333. The second kappa shape index (κ2) is 7.81. The maximum absolute atomic E-state index is 13.6. The third-order valence-electron chi connectivity index (χ3n) is 7.94. The summed E-state index contributed by atoms with van der Waals surface area (Å²) in [6, 6.07) is 3.26. The third-order valence-corrected chi connectivity index (χ3v) is 7.94. The van der Waals surface area contributed by atoms with Gasteiger partial charge in [-0.2, -0.15) is 0 Å². The van der Waals surface area contributed by atoms with Crippen LogP contribution in [0.3, 0.4) is 0 Å². The predicted molar refractivity (Wildman–Crippen MR) is 134 cm³/mol. The molecular formula is C27H25N4O7+. The molecule has 0 saturated carbocycles. The van der Waals surface area contributed by atoms with Gasteiger partial charge >= 0.3 is 5.69 Å². The van der Waals surface area contributed by atoms with Crippen molar-refractivity contribution in [3.8, 4) is 0 Å². The zero-order valence-corrected chi connectivity index (χ0v) is 20.8. The molecule has 38 heavy (non-hydrogen) atoms. The molecule has 1 spiro atoms. The number of hydrogen-bond acceptors (Lipinski definition) is 7. The van der Waals surface area contributed by atoms with Gasteiger partial charge in [-0.1, -0.05) is 0 Å². The van der Waals surface area contributed by atoms with Crippen LogP contribution in [0.2, 0.25) is 0 Å². The summed E-state index contributed by atoms with van der Waals surface area (Å²) in [7, 11) is 1.96. The van der Waals surface area contributed by atoms with Gasteiger partial charge in [-0.25, -0.2) is 9.36 Å². The number of carbonyl (C=O) groups is 1. The number of ether oxygens (including phenoxy) is 3. The Bertz CT molecular complexity index is 1830. The number of aliphatic hydroxyl groups excluding tert-OH is 1. The number of aromatic amines is 2. The van der Waals surface area contributed by atoms with Crippen molar-refractivity contribution in [1.82, 2.24) is 14.5 Å².